The summed E-state index contributed by atoms with van der Waals surface area (Å²) in [4.78, 5) is 53.9. The molecule has 0 aliphatic heterocycles. The van der Waals surface area contributed by atoms with Crippen LogP contribution >= 0.6 is 0 Å². The van der Waals surface area contributed by atoms with E-state index < -0.39 is 29.6 Å². The van der Waals surface area contributed by atoms with E-state index in [2.05, 4.69) is 66.4 Å². The van der Waals surface area contributed by atoms with Crippen molar-refractivity contribution in [2.75, 3.05) is 19.7 Å². The second-order valence-corrected chi connectivity index (χ2v) is 17.4. The van der Waals surface area contributed by atoms with E-state index >= 15 is 0 Å². The van der Waals surface area contributed by atoms with E-state index in [1.807, 2.05) is 0 Å². The minimum Gasteiger partial charge on any atom is -0.465 e. The Balaban J connectivity index is 1.63. The molecule has 5 aliphatic rings. The van der Waals surface area contributed by atoms with Crippen LogP contribution in [0.25, 0.3) is 0 Å². The lowest BCUT2D eigenvalue weighted by molar-refractivity contribution is -0.256. The number of rotatable bonds is 7. The zero-order chi connectivity index (χ0) is 35.6. The highest BCUT2D eigenvalue weighted by Gasteiger charge is 2.72. The van der Waals surface area contributed by atoms with Gasteiger partial charge in [0.1, 0.15) is 18.8 Å². The van der Waals surface area contributed by atoms with Crippen LogP contribution in [0.1, 0.15) is 128 Å². The Bertz CT molecular complexity index is 1340. The van der Waals surface area contributed by atoms with E-state index in [9.17, 15) is 19.2 Å². The minimum absolute atomic E-state index is 0.0649. The summed E-state index contributed by atoms with van der Waals surface area (Å²) < 4.78 is 17.8. The van der Waals surface area contributed by atoms with Crippen LogP contribution in [0.2, 0.25) is 0 Å². The predicted molar refractivity (Wildman–Crippen MR) is 184 cm³/mol. The van der Waals surface area contributed by atoms with Gasteiger partial charge in [0.2, 0.25) is 5.91 Å². The average molecular weight is 670 g/mol. The van der Waals surface area contributed by atoms with Crippen LogP contribution in [0.4, 0.5) is 0 Å². The lowest BCUT2D eigenvalue weighted by atomic mass is 9.33. The molecule has 0 N–H and O–H groups in total. The van der Waals surface area contributed by atoms with Crippen molar-refractivity contribution in [3.63, 3.8) is 0 Å². The zero-order valence-electron chi connectivity index (χ0n) is 31.7. The first-order chi connectivity index (χ1) is 22.4. The molecule has 48 heavy (non-hydrogen) atoms. The third kappa shape index (κ3) is 5.36. The maximum absolute atomic E-state index is 14.5. The molecule has 1 amide bonds. The molecule has 0 aromatic carbocycles. The molecule has 0 unspecified atom stereocenters. The van der Waals surface area contributed by atoms with Gasteiger partial charge < -0.3 is 19.1 Å². The summed E-state index contributed by atoms with van der Waals surface area (Å²) in [5.41, 5.74) is -0.0312. The van der Waals surface area contributed by atoms with Gasteiger partial charge in [0, 0.05) is 39.3 Å². The number of ether oxygens (including phenoxy) is 3. The summed E-state index contributed by atoms with van der Waals surface area (Å²) in [5.74, 6) is 0.643. The SMILES string of the molecule is CCN(CC)C(=O)[C@]12CC[C@@H](C)[C@H](C)[C@H]1C1=CC[C@@H]3[C@@]4(C)C[C@@H](OC(C)=O)[C@H](OC(C)=O)[C@@](C)(COC(C)=O)[C@@H]4CC[C@@]3(C)[C@]1(C)CC2. The molecule has 0 spiro atoms. The average Bonchev–Trinajstić information content (AvgIpc) is 3.00. The maximum Gasteiger partial charge on any atom is 0.303 e. The van der Waals surface area contributed by atoms with Gasteiger partial charge in [-0.05, 0) is 111 Å². The molecule has 8 heteroatoms. The fourth-order valence-corrected chi connectivity index (χ4v) is 12.7. The molecule has 4 fully saturated rings. The highest BCUT2D eigenvalue weighted by molar-refractivity contribution is 5.84. The Kier molecular flexibility index (Phi) is 9.79. The third-order valence-electron chi connectivity index (χ3n) is 15.4. The first-order valence-electron chi connectivity index (χ1n) is 18.8. The van der Waals surface area contributed by atoms with Gasteiger partial charge in [-0.25, -0.2) is 0 Å². The third-order valence-corrected chi connectivity index (χ3v) is 15.4. The van der Waals surface area contributed by atoms with E-state index in [4.69, 9.17) is 14.2 Å². The van der Waals surface area contributed by atoms with E-state index in [0.29, 0.717) is 24.2 Å². The number of hydrogen-bond acceptors (Lipinski definition) is 7. The number of fused-ring (bicyclic) bond motifs is 7. The Hall–Kier alpha value is -2.38. The first kappa shape index (κ1) is 36.9. The van der Waals surface area contributed by atoms with E-state index in [-0.39, 0.29) is 52.0 Å². The molecule has 4 saturated carbocycles. The summed E-state index contributed by atoms with van der Waals surface area (Å²) >= 11 is 0. The molecule has 0 heterocycles. The van der Waals surface area contributed by atoms with Gasteiger partial charge in [0.05, 0.1) is 5.41 Å². The number of nitrogens with zero attached hydrogens (tertiary/aromatic N) is 1. The van der Waals surface area contributed by atoms with Crippen molar-refractivity contribution in [1.82, 2.24) is 4.90 Å². The molecule has 0 bridgehead atoms. The van der Waals surface area contributed by atoms with Crippen molar-refractivity contribution in [1.29, 1.82) is 0 Å². The Morgan fingerprint density at radius 3 is 2.06 bits per heavy atom. The minimum atomic E-state index is -0.748. The van der Waals surface area contributed by atoms with Crippen molar-refractivity contribution in [3.8, 4) is 0 Å². The Morgan fingerprint density at radius 1 is 0.833 bits per heavy atom. The Labute approximate surface area is 289 Å². The van der Waals surface area contributed by atoms with Crippen molar-refractivity contribution >= 4 is 23.8 Å². The van der Waals surface area contributed by atoms with Crippen LogP contribution in [-0.2, 0) is 33.4 Å². The van der Waals surface area contributed by atoms with Crippen molar-refractivity contribution in [2.24, 2.45) is 56.7 Å². The van der Waals surface area contributed by atoms with Crippen LogP contribution in [0.3, 0.4) is 0 Å². The monoisotopic (exact) mass is 669 g/mol. The van der Waals surface area contributed by atoms with Crippen LogP contribution in [-0.4, -0.2) is 60.6 Å². The van der Waals surface area contributed by atoms with Gasteiger partial charge >= 0.3 is 17.9 Å². The molecule has 0 aromatic heterocycles. The molecule has 0 aromatic rings. The molecule has 0 saturated heterocycles. The van der Waals surface area contributed by atoms with Crippen molar-refractivity contribution < 1.29 is 33.4 Å². The highest BCUT2D eigenvalue weighted by Crippen LogP contribution is 2.76. The lowest BCUT2D eigenvalue weighted by Gasteiger charge is -2.72. The predicted octanol–water partition coefficient (Wildman–Crippen LogP) is 7.53. The zero-order valence-corrected chi connectivity index (χ0v) is 31.7. The van der Waals surface area contributed by atoms with Gasteiger partial charge in [-0.3, -0.25) is 19.2 Å². The van der Waals surface area contributed by atoms with Gasteiger partial charge in [0.15, 0.2) is 0 Å². The normalized spacial score (nSPS) is 44.8. The molecule has 8 nitrogen and oxygen atoms in total. The second-order valence-electron chi connectivity index (χ2n) is 17.4. The van der Waals surface area contributed by atoms with Gasteiger partial charge in [0.25, 0.3) is 0 Å². The molecule has 0 radical (unpaired) electrons. The molecule has 270 valence electrons. The molecular weight excluding hydrogens is 606 g/mol. The topological polar surface area (TPSA) is 99.2 Å². The summed E-state index contributed by atoms with van der Waals surface area (Å²) in [7, 11) is 0. The number of amides is 1. The molecular formula is C40H63NO7. The van der Waals surface area contributed by atoms with Gasteiger partial charge in [-0.2, -0.15) is 0 Å². The van der Waals surface area contributed by atoms with E-state index in [1.165, 1.54) is 26.3 Å². The number of esters is 3. The fraction of sp³-hybridized carbons (Fsp3) is 0.850. The van der Waals surface area contributed by atoms with Gasteiger partial charge in [-0.1, -0.05) is 53.2 Å². The molecule has 5 rings (SSSR count). The first-order valence-corrected chi connectivity index (χ1v) is 18.8. The number of hydrogen-bond donors (Lipinski definition) is 0. The van der Waals surface area contributed by atoms with Gasteiger partial charge in [-0.15, -0.1) is 0 Å². The summed E-state index contributed by atoms with van der Waals surface area (Å²) in [6.07, 6.45) is 8.44. The standard InChI is InChI=1S/C40H63NO7/c1-12-41(13-2)35(45)40-19-16-24(3)25(4)33(40)29-14-15-32-36(8)22-30(47-27(6)43)34(48-28(7)44)37(9,23-46-26(5)42)31(36)17-18-39(32,11)38(29,10)20-21-40/h14,24-25,30-34H,12-13,15-23H2,1-11H3/t24-,25+,30-,31-,32-,33+,34+,36+,37+,38-,39-,40+/m1/s1. The highest BCUT2D eigenvalue weighted by atomic mass is 16.6. The van der Waals surface area contributed by atoms with Crippen LogP contribution in [0.15, 0.2) is 11.6 Å². The van der Waals surface area contributed by atoms with Crippen molar-refractivity contribution in [2.45, 2.75) is 140 Å². The lowest BCUT2D eigenvalue weighted by Crippen LogP contribution is -2.69. The number of allylic oxidation sites excluding steroid dienone is 2. The van der Waals surface area contributed by atoms with Crippen molar-refractivity contribution in [3.05, 3.63) is 11.6 Å². The van der Waals surface area contributed by atoms with E-state index in [0.717, 1.165) is 58.0 Å². The number of carbonyl (C=O) groups is 4. The summed E-state index contributed by atoms with van der Waals surface area (Å²) in [6.45, 7) is 24.2. The Morgan fingerprint density at radius 2 is 1.48 bits per heavy atom. The van der Waals surface area contributed by atoms with E-state index in [1.54, 1.807) is 0 Å². The van der Waals surface area contributed by atoms with Crippen LogP contribution < -0.4 is 0 Å². The van der Waals surface area contributed by atoms with Crippen LogP contribution in [0.5, 0.6) is 0 Å². The fourth-order valence-electron chi connectivity index (χ4n) is 12.7. The quantitative estimate of drug-likeness (QED) is 0.157. The maximum atomic E-state index is 14.5. The molecule has 5 aliphatic carbocycles. The summed E-state index contributed by atoms with van der Waals surface area (Å²) in [6, 6.07) is 0. The largest absolute Gasteiger partial charge is 0.465 e. The number of carbonyl (C=O) groups excluding carboxylic acids is 4. The second kappa shape index (κ2) is 12.7. The van der Waals surface area contributed by atoms with Crippen LogP contribution in [0, 0.1) is 56.7 Å². The summed E-state index contributed by atoms with van der Waals surface area (Å²) in [5, 5.41) is 0. The smallest absolute Gasteiger partial charge is 0.303 e. The molecule has 12 atom stereocenters.